The summed E-state index contributed by atoms with van der Waals surface area (Å²) in [6.45, 7) is 5.84. The molecule has 0 saturated heterocycles. The second kappa shape index (κ2) is 7.53. The van der Waals surface area contributed by atoms with Gasteiger partial charge in [0.25, 0.3) is 0 Å². The smallest absolute Gasteiger partial charge is 0.161 e. The first-order valence-electron chi connectivity index (χ1n) is 7.77. The zero-order valence-electron chi connectivity index (χ0n) is 12.9. The van der Waals surface area contributed by atoms with Gasteiger partial charge in [-0.2, -0.15) is 0 Å². The van der Waals surface area contributed by atoms with Gasteiger partial charge in [-0.3, -0.25) is 0 Å². The summed E-state index contributed by atoms with van der Waals surface area (Å²) in [6.07, 6.45) is 5.54. The minimum atomic E-state index is 0.593. The molecular weight excluding hydrogens is 250 g/mol. The van der Waals surface area contributed by atoms with Crippen LogP contribution in [0.5, 0.6) is 11.5 Å². The molecule has 3 nitrogen and oxygen atoms in total. The van der Waals surface area contributed by atoms with Gasteiger partial charge < -0.3 is 14.8 Å². The molecular formula is C17H27NO2. The van der Waals surface area contributed by atoms with Gasteiger partial charge in [0.05, 0.1) is 13.7 Å². The average molecular weight is 277 g/mol. The van der Waals surface area contributed by atoms with Crippen LogP contribution in [-0.2, 0) is 6.54 Å². The van der Waals surface area contributed by atoms with Gasteiger partial charge in [0.2, 0.25) is 0 Å². The molecule has 0 heterocycles. The highest BCUT2D eigenvalue weighted by Gasteiger charge is 2.20. The summed E-state index contributed by atoms with van der Waals surface area (Å²) in [5.74, 6) is 2.49. The van der Waals surface area contributed by atoms with Crippen molar-refractivity contribution in [3.8, 4) is 11.5 Å². The summed E-state index contributed by atoms with van der Waals surface area (Å²) in [5, 5.41) is 3.65. The fourth-order valence-corrected chi connectivity index (χ4v) is 3.00. The molecule has 0 spiro atoms. The summed E-state index contributed by atoms with van der Waals surface area (Å²) < 4.78 is 10.9. The molecule has 0 amide bonds. The van der Waals surface area contributed by atoms with E-state index in [9.17, 15) is 0 Å². The van der Waals surface area contributed by atoms with Crippen molar-refractivity contribution < 1.29 is 9.47 Å². The van der Waals surface area contributed by atoms with Gasteiger partial charge in [0.15, 0.2) is 11.5 Å². The first-order chi connectivity index (χ1) is 9.74. The van der Waals surface area contributed by atoms with E-state index in [0.717, 1.165) is 24.0 Å². The van der Waals surface area contributed by atoms with Crippen molar-refractivity contribution in [3.05, 3.63) is 23.8 Å². The number of rotatable bonds is 7. The molecule has 1 N–H and O–H groups in total. The Hall–Kier alpha value is -1.22. The maximum absolute atomic E-state index is 5.54. The van der Waals surface area contributed by atoms with E-state index in [1.807, 2.05) is 13.0 Å². The molecule has 1 aliphatic carbocycles. The van der Waals surface area contributed by atoms with Gasteiger partial charge in [0, 0.05) is 12.6 Å². The Labute approximate surface area is 122 Å². The third-order valence-electron chi connectivity index (χ3n) is 4.26. The van der Waals surface area contributed by atoms with Gasteiger partial charge in [0.1, 0.15) is 0 Å². The molecule has 1 fully saturated rings. The Morgan fingerprint density at radius 2 is 2.00 bits per heavy atom. The van der Waals surface area contributed by atoms with Crippen molar-refractivity contribution in [2.75, 3.05) is 13.7 Å². The molecule has 3 heteroatoms. The number of benzene rings is 1. The third-order valence-corrected chi connectivity index (χ3v) is 4.26. The largest absolute Gasteiger partial charge is 0.493 e. The van der Waals surface area contributed by atoms with Crippen LogP contribution in [0.25, 0.3) is 0 Å². The molecule has 112 valence electrons. The fourth-order valence-electron chi connectivity index (χ4n) is 3.00. The molecule has 0 aromatic heterocycles. The number of ether oxygens (including phenoxy) is 2. The molecule has 0 unspecified atom stereocenters. The summed E-state index contributed by atoms with van der Waals surface area (Å²) in [5.41, 5.74) is 1.25. The zero-order chi connectivity index (χ0) is 14.4. The first-order valence-corrected chi connectivity index (χ1v) is 7.77. The van der Waals surface area contributed by atoms with Crippen LogP contribution in [0.2, 0.25) is 0 Å². The van der Waals surface area contributed by atoms with Crippen LogP contribution in [0, 0.1) is 5.92 Å². The van der Waals surface area contributed by atoms with Gasteiger partial charge in [-0.05, 0) is 50.3 Å². The second-order valence-electron chi connectivity index (χ2n) is 5.63. The summed E-state index contributed by atoms with van der Waals surface area (Å²) in [4.78, 5) is 0. The zero-order valence-corrected chi connectivity index (χ0v) is 12.9. The SMILES string of the molecule is CCOc1ccc(CN[C@H](C)C2CCCC2)cc1OC. The Morgan fingerprint density at radius 3 is 2.65 bits per heavy atom. The maximum Gasteiger partial charge on any atom is 0.161 e. The van der Waals surface area contributed by atoms with Crippen molar-refractivity contribution >= 4 is 0 Å². The maximum atomic E-state index is 5.54. The summed E-state index contributed by atoms with van der Waals surface area (Å²) >= 11 is 0. The number of hydrogen-bond donors (Lipinski definition) is 1. The molecule has 0 radical (unpaired) electrons. The van der Waals surface area contributed by atoms with Crippen LogP contribution < -0.4 is 14.8 Å². The van der Waals surface area contributed by atoms with E-state index in [2.05, 4.69) is 24.4 Å². The van der Waals surface area contributed by atoms with Crippen LogP contribution in [0.1, 0.15) is 45.1 Å². The standard InChI is InChI=1S/C17H27NO2/c1-4-20-16-10-9-14(11-17(16)19-3)12-18-13(2)15-7-5-6-8-15/h9-11,13,15,18H,4-8,12H2,1-3H3/t13-/m1/s1. The Bertz CT molecular complexity index is 413. The number of methoxy groups -OCH3 is 1. The van der Waals surface area contributed by atoms with E-state index in [1.54, 1.807) is 7.11 Å². The Kier molecular flexibility index (Phi) is 5.72. The molecule has 20 heavy (non-hydrogen) atoms. The number of hydrogen-bond acceptors (Lipinski definition) is 3. The second-order valence-corrected chi connectivity index (χ2v) is 5.63. The Balaban J connectivity index is 1.91. The fraction of sp³-hybridized carbons (Fsp3) is 0.647. The highest BCUT2D eigenvalue weighted by Crippen LogP contribution is 2.29. The van der Waals surface area contributed by atoms with Crippen LogP contribution >= 0.6 is 0 Å². The predicted octanol–water partition coefficient (Wildman–Crippen LogP) is 3.76. The molecule has 1 aromatic rings. The van der Waals surface area contributed by atoms with E-state index in [0.29, 0.717) is 12.6 Å². The minimum Gasteiger partial charge on any atom is -0.493 e. The van der Waals surface area contributed by atoms with Crippen molar-refractivity contribution in [1.29, 1.82) is 0 Å². The van der Waals surface area contributed by atoms with Gasteiger partial charge in [-0.15, -0.1) is 0 Å². The molecule has 1 aromatic carbocycles. The number of nitrogens with one attached hydrogen (secondary N) is 1. The molecule has 1 saturated carbocycles. The van der Waals surface area contributed by atoms with Crippen LogP contribution in [0.3, 0.4) is 0 Å². The quantitative estimate of drug-likeness (QED) is 0.823. The average Bonchev–Trinajstić information content (AvgIpc) is 3.00. The summed E-state index contributed by atoms with van der Waals surface area (Å²) in [7, 11) is 1.69. The van der Waals surface area contributed by atoms with E-state index in [4.69, 9.17) is 9.47 Å². The van der Waals surface area contributed by atoms with E-state index < -0.39 is 0 Å². The lowest BCUT2D eigenvalue weighted by Gasteiger charge is -2.20. The van der Waals surface area contributed by atoms with E-state index in [-0.39, 0.29) is 0 Å². The normalized spacial score (nSPS) is 17.1. The highest BCUT2D eigenvalue weighted by atomic mass is 16.5. The van der Waals surface area contributed by atoms with Gasteiger partial charge >= 0.3 is 0 Å². The lowest BCUT2D eigenvalue weighted by atomic mass is 9.99. The van der Waals surface area contributed by atoms with Crippen LogP contribution in [0.15, 0.2) is 18.2 Å². The third kappa shape index (κ3) is 3.89. The highest BCUT2D eigenvalue weighted by molar-refractivity contribution is 5.42. The lowest BCUT2D eigenvalue weighted by Crippen LogP contribution is -2.31. The lowest BCUT2D eigenvalue weighted by molar-refractivity contribution is 0.310. The molecule has 1 atom stereocenters. The minimum absolute atomic E-state index is 0.593. The predicted molar refractivity (Wildman–Crippen MR) is 82.4 cm³/mol. The van der Waals surface area contributed by atoms with Gasteiger partial charge in [-0.1, -0.05) is 18.9 Å². The van der Waals surface area contributed by atoms with E-state index >= 15 is 0 Å². The molecule has 2 rings (SSSR count). The van der Waals surface area contributed by atoms with Crippen molar-refractivity contribution in [2.24, 2.45) is 5.92 Å². The molecule has 1 aliphatic rings. The molecule has 0 aliphatic heterocycles. The molecule has 0 bridgehead atoms. The Morgan fingerprint density at radius 1 is 1.25 bits per heavy atom. The van der Waals surface area contributed by atoms with Crippen molar-refractivity contribution in [3.63, 3.8) is 0 Å². The summed E-state index contributed by atoms with van der Waals surface area (Å²) in [6, 6.07) is 6.77. The van der Waals surface area contributed by atoms with Crippen LogP contribution in [0.4, 0.5) is 0 Å². The van der Waals surface area contributed by atoms with Crippen molar-refractivity contribution in [1.82, 2.24) is 5.32 Å². The first kappa shape index (κ1) is 15.2. The van der Waals surface area contributed by atoms with Gasteiger partial charge in [-0.25, -0.2) is 0 Å². The van der Waals surface area contributed by atoms with E-state index in [1.165, 1.54) is 31.2 Å². The van der Waals surface area contributed by atoms with Crippen molar-refractivity contribution in [2.45, 2.75) is 52.1 Å². The monoisotopic (exact) mass is 277 g/mol. The topological polar surface area (TPSA) is 30.5 Å². The van der Waals surface area contributed by atoms with Crippen LogP contribution in [-0.4, -0.2) is 19.8 Å².